The van der Waals surface area contributed by atoms with E-state index in [4.69, 9.17) is 14.2 Å². The number of nitrogens with zero attached hydrogens (tertiary/aromatic N) is 3. The van der Waals surface area contributed by atoms with Gasteiger partial charge in [-0.2, -0.15) is 0 Å². The van der Waals surface area contributed by atoms with E-state index >= 15 is 0 Å². The van der Waals surface area contributed by atoms with Crippen molar-refractivity contribution in [1.82, 2.24) is 5.10 Å². The molecule has 5 N–H and O–H groups in total. The van der Waals surface area contributed by atoms with E-state index in [1.807, 2.05) is 0 Å². The minimum absolute atomic E-state index is 0.106. The molecule has 0 saturated carbocycles. The molecule has 1 aliphatic heterocycles. The first kappa shape index (κ1) is 22.3. The third-order valence-corrected chi connectivity index (χ3v) is 4.67. The van der Waals surface area contributed by atoms with Crippen LogP contribution in [0.3, 0.4) is 0 Å². The molecular weight excluding hydrogens is 404 g/mol. The Morgan fingerprint density at radius 1 is 1.17 bits per heavy atom. The van der Waals surface area contributed by atoms with Crippen molar-refractivity contribution < 1.29 is 44.2 Å². The third kappa shape index (κ3) is 4.67. The SMILES string of the molecule is COC1O[C@@H](COCC(O)CNc2n[n+]([O-])c3ccccc3[n+]2[O-])C(O)[C@H](O)[C@@H]1O. The second-order valence-corrected chi connectivity index (χ2v) is 6.80. The molecule has 1 fully saturated rings. The molecule has 3 rings (SSSR count). The summed E-state index contributed by atoms with van der Waals surface area (Å²) in [6.45, 7) is -0.554. The molecule has 0 bridgehead atoms. The maximum absolute atomic E-state index is 12.3. The lowest BCUT2D eigenvalue weighted by molar-refractivity contribution is -0.672. The molecule has 6 atom stereocenters. The van der Waals surface area contributed by atoms with Gasteiger partial charge in [-0.3, -0.25) is 5.32 Å². The molecule has 1 saturated heterocycles. The van der Waals surface area contributed by atoms with E-state index in [1.165, 1.54) is 19.2 Å². The summed E-state index contributed by atoms with van der Waals surface area (Å²) in [6, 6.07) is 6.14. The van der Waals surface area contributed by atoms with Crippen molar-refractivity contribution in [2.75, 3.05) is 32.2 Å². The number of benzene rings is 1. The first-order valence-corrected chi connectivity index (χ1v) is 9.17. The fraction of sp³-hybridized carbons (Fsp3) is 0.588. The van der Waals surface area contributed by atoms with Crippen LogP contribution in [0.2, 0.25) is 0 Å². The number of aliphatic hydroxyl groups excluding tert-OH is 4. The van der Waals surface area contributed by atoms with Crippen molar-refractivity contribution in [1.29, 1.82) is 0 Å². The van der Waals surface area contributed by atoms with Gasteiger partial charge in [-0.05, 0) is 6.07 Å². The summed E-state index contributed by atoms with van der Waals surface area (Å²) in [7, 11) is 1.28. The number of fused-ring (bicyclic) bond motifs is 1. The zero-order chi connectivity index (χ0) is 21.8. The highest BCUT2D eigenvalue weighted by Gasteiger charge is 2.44. The maximum atomic E-state index is 12.3. The van der Waals surface area contributed by atoms with Gasteiger partial charge < -0.3 is 45.1 Å². The van der Waals surface area contributed by atoms with Gasteiger partial charge in [0.05, 0.1) is 19.8 Å². The molecule has 2 aromatic rings. The van der Waals surface area contributed by atoms with E-state index in [0.717, 1.165) is 0 Å². The number of para-hydroxylation sites is 2. The zero-order valence-corrected chi connectivity index (χ0v) is 16.1. The Hall–Kier alpha value is -2.39. The molecule has 1 aromatic carbocycles. The number of methoxy groups -OCH3 is 1. The van der Waals surface area contributed by atoms with Crippen LogP contribution in [0.25, 0.3) is 11.0 Å². The average Bonchev–Trinajstić information content (AvgIpc) is 2.75. The van der Waals surface area contributed by atoms with Crippen molar-refractivity contribution in [3.05, 3.63) is 34.7 Å². The van der Waals surface area contributed by atoms with Crippen LogP contribution in [0.4, 0.5) is 5.95 Å². The topological polar surface area (TPSA) is 187 Å². The molecule has 1 aliphatic rings. The van der Waals surface area contributed by atoms with Crippen molar-refractivity contribution >= 4 is 17.0 Å². The summed E-state index contributed by atoms with van der Waals surface area (Å²) in [4.78, 5) is 0.308. The molecule has 3 unspecified atom stereocenters. The zero-order valence-electron chi connectivity index (χ0n) is 16.1. The lowest BCUT2D eigenvalue weighted by atomic mass is 9.99. The molecule has 166 valence electrons. The maximum Gasteiger partial charge on any atom is 0.461 e. The highest BCUT2D eigenvalue weighted by atomic mass is 16.7. The number of aliphatic hydroxyl groups is 4. The van der Waals surface area contributed by atoms with Crippen molar-refractivity contribution in [2.24, 2.45) is 0 Å². The standard InChI is InChI=1S/C17H24N4O9/c1-28-16-15(25)14(24)13(23)12(30-16)8-29-7-9(22)6-18-17-19-21(27)11-5-3-2-4-10(11)20(17)26/h2-5,9,12-16,22-25H,6-8H2,1H3,(H,18,19)/t9?,12-,13?,14-,15-,16?/m0/s1. The minimum Gasteiger partial charge on any atom is -0.739 e. The Labute approximate surface area is 170 Å². The Morgan fingerprint density at radius 3 is 2.57 bits per heavy atom. The molecule has 2 heterocycles. The van der Waals surface area contributed by atoms with E-state index in [9.17, 15) is 30.8 Å². The number of hydrogen-bond donors (Lipinski definition) is 5. The summed E-state index contributed by atoms with van der Waals surface area (Å²) < 4.78 is 16.0. The van der Waals surface area contributed by atoms with Gasteiger partial charge in [0.2, 0.25) is 5.10 Å². The van der Waals surface area contributed by atoms with Crippen molar-refractivity contribution in [3.63, 3.8) is 0 Å². The quantitative estimate of drug-likeness (QED) is 0.210. The minimum atomic E-state index is -1.48. The van der Waals surface area contributed by atoms with E-state index in [0.29, 0.717) is 9.58 Å². The summed E-state index contributed by atoms with van der Waals surface area (Å²) in [5.41, 5.74) is 0.224. The first-order chi connectivity index (χ1) is 14.3. The van der Waals surface area contributed by atoms with Crippen LogP contribution in [0, 0.1) is 10.4 Å². The molecule has 30 heavy (non-hydrogen) atoms. The Bertz CT molecular complexity index is 855. The van der Waals surface area contributed by atoms with E-state index in [1.54, 1.807) is 12.1 Å². The summed E-state index contributed by atoms with van der Waals surface area (Å²) >= 11 is 0. The Balaban J connectivity index is 1.50. The lowest BCUT2D eigenvalue weighted by Gasteiger charge is -2.39. The van der Waals surface area contributed by atoms with E-state index in [2.05, 4.69) is 10.4 Å². The second-order valence-electron chi connectivity index (χ2n) is 6.80. The van der Waals surface area contributed by atoms with Gasteiger partial charge in [-0.25, -0.2) is 4.73 Å². The number of rotatable bonds is 8. The molecule has 1 aromatic heterocycles. The van der Waals surface area contributed by atoms with Gasteiger partial charge in [-0.15, -0.1) is 0 Å². The molecule has 13 nitrogen and oxygen atoms in total. The highest BCUT2D eigenvalue weighted by molar-refractivity contribution is 5.67. The lowest BCUT2D eigenvalue weighted by Crippen LogP contribution is -2.59. The molecule has 0 amide bonds. The summed E-state index contributed by atoms with van der Waals surface area (Å²) in [6.07, 6.45) is -7.50. The van der Waals surface area contributed by atoms with Gasteiger partial charge in [0.15, 0.2) is 11.8 Å². The number of aromatic nitrogens is 3. The summed E-state index contributed by atoms with van der Waals surface area (Å²) in [5.74, 6) is -0.283. The predicted octanol–water partition coefficient (Wildman–Crippen LogP) is -3.25. The normalized spacial score (nSPS) is 27.8. The Kier molecular flexibility index (Phi) is 7.14. The number of anilines is 1. The van der Waals surface area contributed by atoms with E-state index < -0.39 is 36.8 Å². The fourth-order valence-electron chi connectivity index (χ4n) is 3.04. The monoisotopic (exact) mass is 428 g/mol. The average molecular weight is 428 g/mol. The van der Waals surface area contributed by atoms with E-state index in [-0.39, 0.29) is 36.7 Å². The predicted molar refractivity (Wildman–Crippen MR) is 98.7 cm³/mol. The summed E-state index contributed by atoms with van der Waals surface area (Å²) in [5, 5.41) is 69.9. The number of nitrogens with one attached hydrogen (secondary N) is 1. The molecule has 13 heteroatoms. The number of hydrogen-bond acceptors (Lipinski definition) is 11. The second kappa shape index (κ2) is 9.61. The van der Waals surface area contributed by atoms with Crippen molar-refractivity contribution in [2.45, 2.75) is 36.8 Å². The van der Waals surface area contributed by atoms with Gasteiger partial charge in [0.1, 0.15) is 30.5 Å². The van der Waals surface area contributed by atoms with Crippen LogP contribution in [-0.2, 0) is 14.2 Å². The largest absolute Gasteiger partial charge is 0.739 e. The van der Waals surface area contributed by atoms with Gasteiger partial charge in [0, 0.05) is 18.0 Å². The van der Waals surface area contributed by atoms with Gasteiger partial charge in [0.25, 0.3) is 5.52 Å². The van der Waals surface area contributed by atoms with Crippen LogP contribution < -0.4 is 14.9 Å². The van der Waals surface area contributed by atoms with Crippen LogP contribution in [0.1, 0.15) is 0 Å². The Morgan fingerprint density at radius 2 is 1.87 bits per heavy atom. The van der Waals surface area contributed by atoms with Crippen LogP contribution in [0.15, 0.2) is 24.3 Å². The smallest absolute Gasteiger partial charge is 0.461 e. The van der Waals surface area contributed by atoms with Gasteiger partial charge in [-0.1, -0.05) is 12.1 Å². The molecule has 0 spiro atoms. The fourth-order valence-corrected chi connectivity index (χ4v) is 3.04. The molecule has 0 radical (unpaired) electrons. The third-order valence-electron chi connectivity index (χ3n) is 4.67. The van der Waals surface area contributed by atoms with Crippen molar-refractivity contribution in [3.8, 4) is 0 Å². The van der Waals surface area contributed by atoms with Crippen LogP contribution in [0.5, 0.6) is 0 Å². The van der Waals surface area contributed by atoms with Crippen LogP contribution in [-0.4, -0.2) is 89.2 Å². The molecular formula is C17H24N4O9. The van der Waals surface area contributed by atoms with Crippen LogP contribution >= 0.6 is 0 Å². The first-order valence-electron chi connectivity index (χ1n) is 9.17. The van der Waals surface area contributed by atoms with Gasteiger partial charge >= 0.3 is 5.95 Å². The molecule has 0 aliphatic carbocycles. The highest BCUT2D eigenvalue weighted by Crippen LogP contribution is 2.21. The number of ether oxygens (including phenoxy) is 3.